The predicted octanol–water partition coefficient (Wildman–Crippen LogP) is 6.95. The van der Waals surface area contributed by atoms with Gasteiger partial charge in [0.2, 0.25) is 0 Å². The molecule has 4 aromatic rings. The van der Waals surface area contributed by atoms with Gasteiger partial charge in [0.25, 0.3) is 0 Å². The van der Waals surface area contributed by atoms with Gasteiger partial charge in [0, 0.05) is 12.0 Å². The second-order valence-corrected chi connectivity index (χ2v) is 8.41. The van der Waals surface area contributed by atoms with Crippen LogP contribution in [0.5, 0.6) is 5.75 Å². The van der Waals surface area contributed by atoms with E-state index in [1.54, 1.807) is 13.2 Å². The molecule has 4 heteroatoms. The monoisotopic (exact) mass is 458 g/mol. The first kappa shape index (κ1) is 22.4. The summed E-state index contributed by atoms with van der Waals surface area (Å²) in [7, 11) is 1.67. The molecule has 0 bridgehead atoms. The van der Waals surface area contributed by atoms with Crippen molar-refractivity contribution in [2.45, 2.75) is 12.5 Å². The number of ketones is 1. The summed E-state index contributed by atoms with van der Waals surface area (Å²) in [5.74, 6) is 0.824. The minimum absolute atomic E-state index is 0.00732. The number of hydrogen-bond donors (Lipinski definition) is 0. The van der Waals surface area contributed by atoms with E-state index in [1.165, 1.54) is 5.56 Å². The maximum atomic E-state index is 12.4. The molecule has 0 aliphatic carbocycles. The summed E-state index contributed by atoms with van der Waals surface area (Å²) in [4.78, 5) is 12.4. The van der Waals surface area contributed by atoms with Gasteiger partial charge in [0.15, 0.2) is 5.78 Å². The predicted molar refractivity (Wildman–Crippen MR) is 142 cm³/mol. The number of carbonyl (C=O) groups is 1. The molecule has 35 heavy (non-hydrogen) atoms. The highest BCUT2D eigenvalue weighted by molar-refractivity contribution is 6.06. The molecule has 5 rings (SSSR count). The van der Waals surface area contributed by atoms with Crippen molar-refractivity contribution in [2.24, 2.45) is 5.10 Å². The fourth-order valence-electron chi connectivity index (χ4n) is 4.25. The number of hydrazone groups is 1. The molecule has 1 heterocycles. The third-order valence-electron chi connectivity index (χ3n) is 6.16. The fraction of sp³-hybridized carbons (Fsp3) is 0.0968. The maximum Gasteiger partial charge on any atom is 0.185 e. The first-order chi connectivity index (χ1) is 17.2. The third kappa shape index (κ3) is 5.07. The van der Waals surface area contributed by atoms with Crippen LogP contribution in [0.15, 0.2) is 120 Å². The van der Waals surface area contributed by atoms with Crippen LogP contribution >= 0.6 is 0 Å². The van der Waals surface area contributed by atoms with Crippen LogP contribution in [0.3, 0.4) is 0 Å². The number of methoxy groups -OCH3 is 1. The Morgan fingerprint density at radius 2 is 1.51 bits per heavy atom. The van der Waals surface area contributed by atoms with E-state index in [2.05, 4.69) is 53.5 Å². The molecule has 0 saturated carbocycles. The van der Waals surface area contributed by atoms with Crippen LogP contribution < -0.4 is 9.75 Å². The van der Waals surface area contributed by atoms with Crippen molar-refractivity contribution in [2.75, 3.05) is 12.1 Å². The Morgan fingerprint density at radius 3 is 2.17 bits per heavy atom. The molecular formula is C31H26N2O2. The van der Waals surface area contributed by atoms with E-state index in [0.29, 0.717) is 5.56 Å². The molecule has 0 amide bonds. The van der Waals surface area contributed by atoms with Crippen molar-refractivity contribution in [3.8, 4) is 5.75 Å². The second-order valence-electron chi connectivity index (χ2n) is 8.41. The van der Waals surface area contributed by atoms with E-state index in [1.807, 2.05) is 66.7 Å². The lowest BCUT2D eigenvalue weighted by molar-refractivity contribution is 0.104. The zero-order valence-electron chi connectivity index (χ0n) is 19.5. The quantitative estimate of drug-likeness (QED) is 0.222. The molecular weight excluding hydrogens is 432 g/mol. The lowest BCUT2D eigenvalue weighted by Gasteiger charge is -2.24. The van der Waals surface area contributed by atoms with E-state index in [0.717, 1.165) is 34.7 Å². The zero-order chi connectivity index (χ0) is 24.0. The Balaban J connectivity index is 1.40. The minimum atomic E-state index is -0.00732. The summed E-state index contributed by atoms with van der Waals surface area (Å²) in [5.41, 5.74) is 6.01. The van der Waals surface area contributed by atoms with E-state index in [9.17, 15) is 4.79 Å². The lowest BCUT2D eigenvalue weighted by Crippen LogP contribution is -2.18. The lowest BCUT2D eigenvalue weighted by atomic mass is 9.98. The average Bonchev–Trinajstić information content (AvgIpc) is 3.38. The molecule has 4 nitrogen and oxygen atoms in total. The van der Waals surface area contributed by atoms with E-state index in [-0.39, 0.29) is 11.8 Å². The van der Waals surface area contributed by atoms with E-state index in [4.69, 9.17) is 9.84 Å². The van der Waals surface area contributed by atoms with Crippen molar-refractivity contribution in [1.82, 2.24) is 0 Å². The number of allylic oxidation sites excluding steroid dienone is 1. The van der Waals surface area contributed by atoms with Crippen LogP contribution in [0.25, 0.3) is 6.08 Å². The zero-order valence-corrected chi connectivity index (χ0v) is 19.5. The molecule has 1 atom stereocenters. The molecule has 0 spiro atoms. The Morgan fingerprint density at radius 1 is 0.857 bits per heavy atom. The van der Waals surface area contributed by atoms with Crippen molar-refractivity contribution in [3.63, 3.8) is 0 Å². The summed E-state index contributed by atoms with van der Waals surface area (Å²) >= 11 is 0. The Hall–Kier alpha value is -4.44. The van der Waals surface area contributed by atoms with E-state index >= 15 is 0 Å². The summed E-state index contributed by atoms with van der Waals surface area (Å²) in [6, 6.07) is 36.1. The number of hydrogen-bond acceptors (Lipinski definition) is 4. The molecule has 0 N–H and O–H groups in total. The Labute approximate surface area is 205 Å². The molecule has 0 aromatic heterocycles. The highest BCUT2D eigenvalue weighted by Crippen LogP contribution is 2.37. The summed E-state index contributed by atoms with van der Waals surface area (Å²) in [6.45, 7) is 0. The first-order valence-electron chi connectivity index (χ1n) is 11.6. The molecule has 4 aromatic carbocycles. The summed E-state index contributed by atoms with van der Waals surface area (Å²) < 4.78 is 5.31. The minimum Gasteiger partial charge on any atom is -0.497 e. The van der Waals surface area contributed by atoms with Gasteiger partial charge in [-0.25, -0.2) is 0 Å². The molecule has 1 aliphatic heterocycles. The molecule has 0 unspecified atom stereocenters. The van der Waals surface area contributed by atoms with Gasteiger partial charge in [0.05, 0.1) is 24.6 Å². The highest BCUT2D eigenvalue weighted by atomic mass is 16.5. The summed E-state index contributed by atoms with van der Waals surface area (Å²) in [5, 5.41) is 7.12. The Bertz CT molecular complexity index is 1340. The van der Waals surface area contributed by atoms with Crippen LogP contribution in [-0.2, 0) is 0 Å². The molecule has 0 radical (unpaired) electrons. The molecule has 172 valence electrons. The maximum absolute atomic E-state index is 12.4. The van der Waals surface area contributed by atoms with Crippen molar-refractivity contribution < 1.29 is 9.53 Å². The average molecular weight is 459 g/mol. The van der Waals surface area contributed by atoms with Gasteiger partial charge < -0.3 is 4.74 Å². The fourth-order valence-corrected chi connectivity index (χ4v) is 4.25. The van der Waals surface area contributed by atoms with Crippen LogP contribution in [0.4, 0.5) is 5.69 Å². The second kappa shape index (κ2) is 10.2. The van der Waals surface area contributed by atoms with Gasteiger partial charge in [-0.3, -0.25) is 9.80 Å². The van der Waals surface area contributed by atoms with Crippen molar-refractivity contribution >= 4 is 23.3 Å². The van der Waals surface area contributed by atoms with Gasteiger partial charge in [-0.05, 0) is 59.2 Å². The summed E-state index contributed by atoms with van der Waals surface area (Å²) in [6.07, 6.45) is 4.28. The number of ether oxygens (including phenoxy) is 1. The third-order valence-corrected chi connectivity index (χ3v) is 6.16. The first-order valence-corrected chi connectivity index (χ1v) is 11.6. The Kier molecular flexibility index (Phi) is 6.53. The van der Waals surface area contributed by atoms with Gasteiger partial charge >= 0.3 is 0 Å². The van der Waals surface area contributed by atoms with Crippen LogP contribution in [0.1, 0.15) is 39.5 Å². The van der Waals surface area contributed by atoms with Crippen LogP contribution in [-0.4, -0.2) is 18.6 Å². The van der Waals surface area contributed by atoms with Crippen molar-refractivity contribution in [3.05, 3.63) is 138 Å². The van der Waals surface area contributed by atoms with Crippen LogP contribution in [0, 0.1) is 0 Å². The smallest absolute Gasteiger partial charge is 0.185 e. The number of nitrogens with zero attached hydrogens (tertiary/aromatic N) is 2. The number of benzene rings is 4. The van der Waals surface area contributed by atoms with Crippen LogP contribution in [0.2, 0.25) is 0 Å². The number of rotatable bonds is 7. The molecule has 1 aliphatic rings. The van der Waals surface area contributed by atoms with E-state index < -0.39 is 0 Å². The standard InChI is InChI=1S/C31H26N2O2/c1-35-28-19-15-24(16-20-28)29-22-30(25-8-4-2-5-9-25)33(32-29)27-17-12-23(13-18-27)14-21-31(34)26-10-6-3-7-11-26/h2-21,30H,22H2,1H3/b21-14+/t30-/m0/s1. The van der Waals surface area contributed by atoms with Crippen molar-refractivity contribution in [1.29, 1.82) is 0 Å². The normalized spacial score (nSPS) is 15.3. The van der Waals surface area contributed by atoms with Gasteiger partial charge in [-0.1, -0.05) is 78.9 Å². The number of anilines is 1. The highest BCUT2D eigenvalue weighted by Gasteiger charge is 2.29. The van der Waals surface area contributed by atoms with Gasteiger partial charge in [-0.15, -0.1) is 0 Å². The molecule has 0 fully saturated rings. The SMILES string of the molecule is COc1ccc(C2=NN(c3ccc(/C=C/C(=O)c4ccccc4)cc3)[C@H](c3ccccc3)C2)cc1. The largest absolute Gasteiger partial charge is 0.497 e. The van der Waals surface area contributed by atoms with Gasteiger partial charge in [-0.2, -0.15) is 5.10 Å². The topological polar surface area (TPSA) is 41.9 Å². The van der Waals surface area contributed by atoms with Gasteiger partial charge in [0.1, 0.15) is 5.75 Å². The molecule has 0 saturated heterocycles. The number of carbonyl (C=O) groups excluding carboxylic acids is 1.